The molecule has 6 rings (SSSR count). The normalized spacial score (nSPS) is 11.9. The van der Waals surface area contributed by atoms with E-state index >= 15 is 0 Å². The van der Waals surface area contributed by atoms with Crippen LogP contribution in [0, 0.1) is 13.8 Å². The molecule has 0 saturated heterocycles. The molecule has 4 aromatic carbocycles. The van der Waals surface area contributed by atoms with Crippen LogP contribution in [0.15, 0.2) is 83.3 Å². The standard InChI is InChI=1S/C26H19NO/c1-16-8-10-21-19(14-16)25-22(27(21)18-6-4-3-5-7-18)11-13-24-26(25)20-15-17(2)9-12-23(20)28-24/h3-15H,1-2H3. The van der Waals surface area contributed by atoms with Gasteiger partial charge in [-0.3, -0.25) is 0 Å². The molecule has 0 amide bonds. The van der Waals surface area contributed by atoms with Crippen LogP contribution in [0.4, 0.5) is 0 Å². The molecule has 0 bridgehead atoms. The lowest BCUT2D eigenvalue weighted by molar-refractivity contribution is 0.669. The van der Waals surface area contributed by atoms with Gasteiger partial charge in [0.05, 0.1) is 11.0 Å². The summed E-state index contributed by atoms with van der Waals surface area (Å²) in [4.78, 5) is 0. The third-order valence-corrected chi connectivity index (χ3v) is 5.69. The Morgan fingerprint density at radius 2 is 1.29 bits per heavy atom. The highest BCUT2D eigenvalue weighted by atomic mass is 16.3. The summed E-state index contributed by atoms with van der Waals surface area (Å²) in [5.41, 5.74) is 8.01. The van der Waals surface area contributed by atoms with E-state index in [0.29, 0.717) is 0 Å². The number of aromatic nitrogens is 1. The minimum absolute atomic E-state index is 0.946. The highest BCUT2D eigenvalue weighted by Gasteiger charge is 2.18. The zero-order valence-electron chi connectivity index (χ0n) is 15.9. The number of nitrogens with zero attached hydrogens (tertiary/aromatic N) is 1. The van der Waals surface area contributed by atoms with E-state index < -0.39 is 0 Å². The molecule has 28 heavy (non-hydrogen) atoms. The van der Waals surface area contributed by atoms with Crippen molar-refractivity contribution in [3.05, 3.63) is 90.0 Å². The molecule has 0 N–H and O–H groups in total. The van der Waals surface area contributed by atoms with Crippen LogP contribution in [-0.4, -0.2) is 4.57 Å². The van der Waals surface area contributed by atoms with Crippen LogP contribution >= 0.6 is 0 Å². The average Bonchev–Trinajstić information content (AvgIpc) is 3.23. The zero-order chi connectivity index (χ0) is 18.8. The largest absolute Gasteiger partial charge is 0.456 e. The molecule has 0 spiro atoms. The summed E-state index contributed by atoms with van der Waals surface area (Å²) in [7, 11) is 0. The molecular weight excluding hydrogens is 342 g/mol. The summed E-state index contributed by atoms with van der Waals surface area (Å²) in [6, 6.07) is 28.0. The van der Waals surface area contributed by atoms with Gasteiger partial charge in [0.2, 0.25) is 0 Å². The minimum atomic E-state index is 0.946. The lowest BCUT2D eigenvalue weighted by Crippen LogP contribution is -1.92. The van der Waals surface area contributed by atoms with Gasteiger partial charge in [0.1, 0.15) is 11.2 Å². The molecule has 0 aliphatic heterocycles. The van der Waals surface area contributed by atoms with E-state index in [9.17, 15) is 0 Å². The lowest BCUT2D eigenvalue weighted by Gasteiger charge is -2.07. The minimum Gasteiger partial charge on any atom is -0.456 e. The first-order valence-corrected chi connectivity index (χ1v) is 9.63. The Balaban J connectivity index is 1.92. The predicted molar refractivity (Wildman–Crippen MR) is 118 cm³/mol. The highest BCUT2D eigenvalue weighted by molar-refractivity contribution is 6.27. The van der Waals surface area contributed by atoms with Gasteiger partial charge in [0.15, 0.2) is 0 Å². The van der Waals surface area contributed by atoms with Crippen LogP contribution in [0.3, 0.4) is 0 Å². The number of hydrogen-bond donors (Lipinski definition) is 0. The van der Waals surface area contributed by atoms with Gasteiger partial charge in [-0.25, -0.2) is 0 Å². The molecule has 0 aliphatic rings. The number of fused-ring (bicyclic) bond motifs is 7. The SMILES string of the molecule is Cc1ccc2oc3ccc4c(c5cc(C)ccc5n4-c4ccccc4)c3c2c1. The van der Waals surface area contributed by atoms with E-state index in [1.54, 1.807) is 0 Å². The van der Waals surface area contributed by atoms with E-state index in [0.717, 1.165) is 11.2 Å². The number of furan rings is 1. The second-order valence-electron chi connectivity index (χ2n) is 7.63. The van der Waals surface area contributed by atoms with Crippen molar-refractivity contribution in [3.63, 3.8) is 0 Å². The quantitative estimate of drug-likeness (QED) is 0.300. The van der Waals surface area contributed by atoms with Gasteiger partial charge in [-0.2, -0.15) is 0 Å². The lowest BCUT2D eigenvalue weighted by atomic mass is 10.0. The molecule has 0 radical (unpaired) electrons. The van der Waals surface area contributed by atoms with Crippen molar-refractivity contribution >= 4 is 43.7 Å². The molecule has 0 aliphatic carbocycles. The molecule has 2 heterocycles. The number of para-hydroxylation sites is 1. The van der Waals surface area contributed by atoms with Crippen LogP contribution in [0.1, 0.15) is 11.1 Å². The summed E-state index contributed by atoms with van der Waals surface area (Å²) in [6.07, 6.45) is 0. The Bertz CT molecular complexity index is 1520. The second-order valence-corrected chi connectivity index (χ2v) is 7.63. The van der Waals surface area contributed by atoms with Gasteiger partial charge in [0.25, 0.3) is 0 Å². The Morgan fingerprint density at radius 3 is 2.11 bits per heavy atom. The molecular formula is C26H19NO. The number of rotatable bonds is 1. The number of benzene rings is 4. The first-order valence-electron chi connectivity index (χ1n) is 9.63. The van der Waals surface area contributed by atoms with E-state index in [1.807, 2.05) is 0 Å². The van der Waals surface area contributed by atoms with E-state index in [-0.39, 0.29) is 0 Å². The van der Waals surface area contributed by atoms with Crippen molar-refractivity contribution in [1.29, 1.82) is 0 Å². The van der Waals surface area contributed by atoms with Crippen molar-refractivity contribution < 1.29 is 4.42 Å². The number of hydrogen-bond acceptors (Lipinski definition) is 1. The second kappa shape index (κ2) is 5.49. The van der Waals surface area contributed by atoms with Crippen LogP contribution < -0.4 is 0 Å². The van der Waals surface area contributed by atoms with Gasteiger partial charge in [0, 0.05) is 27.2 Å². The molecule has 0 fully saturated rings. The maximum atomic E-state index is 6.20. The molecule has 2 heteroatoms. The molecule has 2 aromatic heterocycles. The molecule has 0 unspecified atom stereocenters. The maximum absolute atomic E-state index is 6.20. The topological polar surface area (TPSA) is 18.1 Å². The summed E-state index contributed by atoms with van der Waals surface area (Å²) >= 11 is 0. The first-order chi connectivity index (χ1) is 13.7. The first kappa shape index (κ1) is 15.5. The molecule has 0 saturated carbocycles. The summed E-state index contributed by atoms with van der Waals surface area (Å²) in [5.74, 6) is 0. The van der Waals surface area contributed by atoms with Crippen molar-refractivity contribution in [3.8, 4) is 5.69 Å². The monoisotopic (exact) mass is 361 g/mol. The molecule has 6 aromatic rings. The van der Waals surface area contributed by atoms with Crippen molar-refractivity contribution in [2.24, 2.45) is 0 Å². The summed E-state index contributed by atoms with van der Waals surface area (Å²) in [6.45, 7) is 4.29. The van der Waals surface area contributed by atoms with Crippen molar-refractivity contribution in [2.45, 2.75) is 13.8 Å². The third kappa shape index (κ3) is 2.03. The van der Waals surface area contributed by atoms with Gasteiger partial charge in [-0.15, -0.1) is 0 Å². The third-order valence-electron chi connectivity index (χ3n) is 5.69. The van der Waals surface area contributed by atoms with Crippen LogP contribution in [0.5, 0.6) is 0 Å². The fourth-order valence-corrected chi connectivity index (χ4v) is 4.46. The number of aryl methyl sites for hydroxylation is 2. The van der Waals surface area contributed by atoms with Crippen LogP contribution in [0.2, 0.25) is 0 Å². The highest BCUT2D eigenvalue weighted by Crippen LogP contribution is 2.41. The molecule has 134 valence electrons. The van der Waals surface area contributed by atoms with E-state index in [2.05, 4.69) is 97.3 Å². The maximum Gasteiger partial charge on any atom is 0.136 e. The fraction of sp³-hybridized carbons (Fsp3) is 0.0769. The van der Waals surface area contributed by atoms with Crippen LogP contribution in [-0.2, 0) is 0 Å². The summed E-state index contributed by atoms with van der Waals surface area (Å²) < 4.78 is 8.56. The Kier molecular flexibility index (Phi) is 3.05. The fourth-order valence-electron chi connectivity index (χ4n) is 4.46. The van der Waals surface area contributed by atoms with Gasteiger partial charge < -0.3 is 8.98 Å². The van der Waals surface area contributed by atoms with Crippen LogP contribution in [0.25, 0.3) is 49.4 Å². The summed E-state index contributed by atoms with van der Waals surface area (Å²) in [5, 5.41) is 4.94. The average molecular weight is 361 g/mol. The van der Waals surface area contributed by atoms with E-state index in [1.165, 1.54) is 49.4 Å². The zero-order valence-corrected chi connectivity index (χ0v) is 15.9. The van der Waals surface area contributed by atoms with Crippen molar-refractivity contribution in [2.75, 3.05) is 0 Å². The van der Waals surface area contributed by atoms with Gasteiger partial charge in [-0.1, -0.05) is 41.5 Å². The predicted octanol–water partition coefficient (Wildman–Crippen LogP) is 7.30. The smallest absolute Gasteiger partial charge is 0.136 e. The van der Waals surface area contributed by atoms with Crippen molar-refractivity contribution in [1.82, 2.24) is 4.57 Å². The molecule has 2 nitrogen and oxygen atoms in total. The molecule has 0 atom stereocenters. The van der Waals surface area contributed by atoms with Gasteiger partial charge >= 0.3 is 0 Å². The van der Waals surface area contributed by atoms with Gasteiger partial charge in [-0.05, 0) is 62.4 Å². The Labute approximate surface area is 162 Å². The van der Waals surface area contributed by atoms with E-state index in [4.69, 9.17) is 4.42 Å². The Hall–Kier alpha value is -3.52. The Morgan fingerprint density at radius 1 is 0.607 bits per heavy atom.